The summed E-state index contributed by atoms with van der Waals surface area (Å²) in [6.45, 7) is 12.8. The molecule has 7 heteroatoms. The van der Waals surface area contributed by atoms with Crippen LogP contribution in [0.1, 0.15) is 34.6 Å². The van der Waals surface area contributed by atoms with E-state index in [2.05, 4.69) is 0 Å². The topological polar surface area (TPSA) is 62.3 Å². The average Bonchev–Trinajstić information content (AvgIpc) is 2.45. The van der Waals surface area contributed by atoms with E-state index in [9.17, 15) is 9.59 Å². The molecule has 0 saturated carbocycles. The Morgan fingerprint density at radius 3 is 1.91 bits per heavy atom. The molecular weight excluding hydrogens is 298 g/mol. The highest BCUT2D eigenvalue weighted by Gasteiger charge is 2.35. The number of hydrogen-bond acceptors (Lipinski definition) is 4. The summed E-state index contributed by atoms with van der Waals surface area (Å²) in [5.41, 5.74) is -0.497. The summed E-state index contributed by atoms with van der Waals surface area (Å²) in [6, 6.07) is 0.197. The fourth-order valence-electron chi connectivity index (χ4n) is 2.95. The molecule has 0 aromatic rings. The molecular formula is C16H29N3O4. The van der Waals surface area contributed by atoms with Crippen LogP contribution in [0, 0.1) is 0 Å². The number of morpholine rings is 1. The Kier molecular flexibility index (Phi) is 5.39. The lowest BCUT2D eigenvalue weighted by Crippen LogP contribution is -2.60. The van der Waals surface area contributed by atoms with Gasteiger partial charge in [0.15, 0.2) is 0 Å². The number of carbonyl (C=O) groups is 2. The molecule has 2 heterocycles. The summed E-state index contributed by atoms with van der Waals surface area (Å²) >= 11 is 0. The first-order valence-corrected chi connectivity index (χ1v) is 8.32. The van der Waals surface area contributed by atoms with E-state index in [1.807, 2.05) is 44.4 Å². The number of amides is 3. The summed E-state index contributed by atoms with van der Waals surface area (Å²) in [6.07, 6.45) is -0.308. The molecule has 0 radical (unpaired) electrons. The summed E-state index contributed by atoms with van der Waals surface area (Å²) in [5, 5.41) is 0. The lowest BCUT2D eigenvalue weighted by molar-refractivity contribution is -0.0259. The van der Waals surface area contributed by atoms with Crippen LogP contribution in [0.4, 0.5) is 9.59 Å². The molecule has 2 unspecified atom stereocenters. The maximum Gasteiger partial charge on any atom is 0.410 e. The van der Waals surface area contributed by atoms with Gasteiger partial charge in [-0.25, -0.2) is 9.59 Å². The number of carbonyl (C=O) groups excluding carboxylic acids is 2. The van der Waals surface area contributed by atoms with Crippen LogP contribution in [0.3, 0.4) is 0 Å². The molecule has 23 heavy (non-hydrogen) atoms. The zero-order valence-electron chi connectivity index (χ0n) is 14.9. The molecule has 2 aliphatic rings. The van der Waals surface area contributed by atoms with Crippen LogP contribution in [0.5, 0.6) is 0 Å². The Morgan fingerprint density at radius 2 is 1.43 bits per heavy atom. The van der Waals surface area contributed by atoms with Crippen molar-refractivity contribution in [3.8, 4) is 0 Å². The largest absolute Gasteiger partial charge is 0.444 e. The Balaban J connectivity index is 1.88. The summed E-state index contributed by atoms with van der Waals surface area (Å²) in [5.74, 6) is 0. The van der Waals surface area contributed by atoms with Gasteiger partial charge in [-0.2, -0.15) is 0 Å². The maximum atomic E-state index is 12.7. The third kappa shape index (κ3) is 4.50. The highest BCUT2D eigenvalue weighted by molar-refractivity contribution is 5.76. The van der Waals surface area contributed by atoms with Crippen LogP contribution in [0.25, 0.3) is 0 Å². The lowest BCUT2D eigenvalue weighted by atomic mass is 10.2. The highest BCUT2D eigenvalue weighted by Crippen LogP contribution is 2.18. The molecule has 0 N–H and O–H groups in total. The first-order valence-electron chi connectivity index (χ1n) is 8.32. The molecule has 0 aromatic carbocycles. The van der Waals surface area contributed by atoms with Crippen molar-refractivity contribution in [3.05, 3.63) is 0 Å². The van der Waals surface area contributed by atoms with Crippen LogP contribution < -0.4 is 0 Å². The minimum atomic E-state index is -0.497. The van der Waals surface area contributed by atoms with Crippen LogP contribution in [-0.4, -0.2) is 83.9 Å². The van der Waals surface area contributed by atoms with Crippen molar-refractivity contribution in [2.24, 2.45) is 0 Å². The Morgan fingerprint density at radius 1 is 0.957 bits per heavy atom. The number of nitrogens with zero attached hydrogens (tertiary/aromatic N) is 3. The SMILES string of the molecule is CC1COCC(C)N1C(=O)N1CCN(C(=O)OC(C)(C)C)CC1. The van der Waals surface area contributed by atoms with Crippen molar-refractivity contribution in [1.82, 2.24) is 14.7 Å². The zero-order chi connectivity index (χ0) is 17.2. The van der Waals surface area contributed by atoms with Gasteiger partial charge in [-0.15, -0.1) is 0 Å². The molecule has 2 aliphatic heterocycles. The fourth-order valence-corrected chi connectivity index (χ4v) is 2.95. The number of piperazine rings is 1. The third-order valence-corrected chi connectivity index (χ3v) is 4.09. The van der Waals surface area contributed by atoms with Gasteiger partial charge >= 0.3 is 12.1 Å². The van der Waals surface area contributed by atoms with Gasteiger partial charge in [-0.1, -0.05) is 0 Å². The van der Waals surface area contributed by atoms with Gasteiger partial charge < -0.3 is 24.2 Å². The standard InChI is InChI=1S/C16H29N3O4/c1-12-10-22-11-13(2)19(12)14(20)17-6-8-18(9-7-17)15(21)23-16(3,4)5/h12-13H,6-11H2,1-5H3. The van der Waals surface area contributed by atoms with E-state index in [4.69, 9.17) is 9.47 Å². The van der Waals surface area contributed by atoms with E-state index in [0.29, 0.717) is 39.4 Å². The molecule has 2 rings (SSSR count). The van der Waals surface area contributed by atoms with Gasteiger partial charge in [0.2, 0.25) is 0 Å². The molecule has 2 saturated heterocycles. The molecule has 0 bridgehead atoms. The van der Waals surface area contributed by atoms with E-state index in [1.165, 1.54) is 0 Å². The minimum absolute atomic E-state index is 0.0390. The first kappa shape index (κ1) is 17.8. The van der Waals surface area contributed by atoms with Gasteiger partial charge in [0, 0.05) is 26.2 Å². The number of hydrogen-bond donors (Lipinski definition) is 0. The molecule has 132 valence electrons. The second-order valence-electron chi connectivity index (χ2n) is 7.38. The molecule has 2 atom stereocenters. The van der Waals surface area contributed by atoms with E-state index in [1.54, 1.807) is 4.90 Å². The maximum absolute atomic E-state index is 12.7. The van der Waals surface area contributed by atoms with E-state index in [0.717, 1.165) is 0 Å². The first-order chi connectivity index (χ1) is 10.7. The smallest absolute Gasteiger partial charge is 0.410 e. The molecule has 0 aromatic heterocycles. The Hall–Kier alpha value is -1.50. The van der Waals surface area contributed by atoms with Crippen molar-refractivity contribution in [1.29, 1.82) is 0 Å². The summed E-state index contributed by atoms with van der Waals surface area (Å²) in [4.78, 5) is 30.2. The van der Waals surface area contributed by atoms with Crippen molar-refractivity contribution in [2.45, 2.75) is 52.3 Å². The van der Waals surface area contributed by atoms with Crippen molar-refractivity contribution >= 4 is 12.1 Å². The van der Waals surface area contributed by atoms with Crippen LogP contribution in [-0.2, 0) is 9.47 Å². The average molecular weight is 327 g/mol. The normalized spacial score (nSPS) is 26.2. The van der Waals surface area contributed by atoms with Gasteiger partial charge in [0.25, 0.3) is 0 Å². The second kappa shape index (κ2) is 6.95. The predicted molar refractivity (Wildman–Crippen MR) is 86.4 cm³/mol. The van der Waals surface area contributed by atoms with Crippen LogP contribution in [0.2, 0.25) is 0 Å². The van der Waals surface area contributed by atoms with Gasteiger partial charge in [-0.3, -0.25) is 0 Å². The number of rotatable bonds is 0. The third-order valence-electron chi connectivity index (χ3n) is 4.09. The van der Waals surface area contributed by atoms with E-state index in [-0.39, 0.29) is 24.2 Å². The monoisotopic (exact) mass is 327 g/mol. The van der Waals surface area contributed by atoms with Crippen molar-refractivity contribution in [3.63, 3.8) is 0 Å². The number of ether oxygens (including phenoxy) is 2. The van der Waals surface area contributed by atoms with Crippen molar-refractivity contribution in [2.75, 3.05) is 39.4 Å². The molecule has 0 spiro atoms. The van der Waals surface area contributed by atoms with Gasteiger partial charge in [0.05, 0.1) is 25.3 Å². The minimum Gasteiger partial charge on any atom is -0.444 e. The highest BCUT2D eigenvalue weighted by atomic mass is 16.6. The molecule has 3 amide bonds. The van der Waals surface area contributed by atoms with Crippen molar-refractivity contribution < 1.29 is 19.1 Å². The lowest BCUT2D eigenvalue weighted by Gasteiger charge is -2.43. The van der Waals surface area contributed by atoms with Crippen LogP contribution >= 0.6 is 0 Å². The summed E-state index contributed by atoms with van der Waals surface area (Å²) in [7, 11) is 0. The number of urea groups is 1. The van der Waals surface area contributed by atoms with Gasteiger partial charge in [0.1, 0.15) is 5.60 Å². The fraction of sp³-hybridized carbons (Fsp3) is 0.875. The van der Waals surface area contributed by atoms with Gasteiger partial charge in [-0.05, 0) is 34.6 Å². The quantitative estimate of drug-likeness (QED) is 0.680. The second-order valence-corrected chi connectivity index (χ2v) is 7.38. The summed E-state index contributed by atoms with van der Waals surface area (Å²) < 4.78 is 10.9. The Labute approximate surface area is 138 Å². The zero-order valence-corrected chi connectivity index (χ0v) is 14.9. The predicted octanol–water partition coefficient (Wildman–Crippen LogP) is 1.77. The molecule has 7 nitrogen and oxygen atoms in total. The van der Waals surface area contributed by atoms with E-state index >= 15 is 0 Å². The molecule has 0 aliphatic carbocycles. The molecule has 2 fully saturated rings. The van der Waals surface area contributed by atoms with Crippen LogP contribution in [0.15, 0.2) is 0 Å². The Bertz CT molecular complexity index is 431. The van der Waals surface area contributed by atoms with E-state index < -0.39 is 5.60 Å².